The number of para-hydroxylation sites is 1. The number of carbonyl (C=O) groups is 1. The predicted molar refractivity (Wildman–Crippen MR) is 128 cm³/mol. The van der Waals surface area contributed by atoms with Crippen molar-refractivity contribution in [3.8, 4) is 28.6 Å². The molecule has 0 amide bonds. The molecule has 0 saturated carbocycles. The normalized spacial score (nSPS) is 15.2. The van der Waals surface area contributed by atoms with Gasteiger partial charge in [0.15, 0.2) is 16.9 Å². The van der Waals surface area contributed by atoms with E-state index in [-0.39, 0.29) is 40.0 Å². The maximum atomic E-state index is 13.1. The van der Waals surface area contributed by atoms with Crippen molar-refractivity contribution in [2.24, 2.45) is 0 Å². The molecule has 0 spiro atoms. The molecule has 0 radical (unpaired) electrons. The SMILES string of the molecule is O=C1CC(c2cc3ccccc3[nH]c2=O)c2c(c(O)c(O)c3c(=O)cc(-c4ccccc4)oc23)O1. The average Bonchev–Trinajstić information content (AvgIpc) is 2.86. The minimum absolute atomic E-state index is 0.0632. The second-order valence-electron chi connectivity index (χ2n) is 8.36. The van der Waals surface area contributed by atoms with E-state index in [2.05, 4.69) is 4.98 Å². The molecule has 3 N–H and O–H groups in total. The third kappa shape index (κ3) is 3.18. The van der Waals surface area contributed by atoms with Crippen molar-refractivity contribution in [2.45, 2.75) is 12.3 Å². The van der Waals surface area contributed by atoms with E-state index in [0.29, 0.717) is 11.1 Å². The molecule has 0 bridgehead atoms. The minimum atomic E-state index is -0.900. The number of aromatic nitrogens is 1. The summed E-state index contributed by atoms with van der Waals surface area (Å²) in [5, 5.41) is 21.8. The van der Waals surface area contributed by atoms with Gasteiger partial charge in [-0.2, -0.15) is 0 Å². The summed E-state index contributed by atoms with van der Waals surface area (Å²) >= 11 is 0. The maximum Gasteiger partial charge on any atom is 0.312 e. The quantitative estimate of drug-likeness (QED) is 0.202. The monoisotopic (exact) mass is 467 g/mol. The first-order valence-electron chi connectivity index (χ1n) is 10.9. The molecule has 1 atom stereocenters. The highest BCUT2D eigenvalue weighted by molar-refractivity contribution is 5.96. The number of fused-ring (bicyclic) bond motifs is 4. The Labute approximate surface area is 196 Å². The predicted octanol–water partition coefficient (Wildman–Crippen LogP) is 4.15. The summed E-state index contributed by atoms with van der Waals surface area (Å²) in [4.78, 5) is 41.5. The molecular weight excluding hydrogens is 450 g/mol. The Hall–Kier alpha value is -4.85. The van der Waals surface area contributed by atoms with Crippen LogP contribution in [0.5, 0.6) is 17.2 Å². The third-order valence-corrected chi connectivity index (χ3v) is 6.26. The van der Waals surface area contributed by atoms with Gasteiger partial charge in [0.1, 0.15) is 16.7 Å². The Bertz CT molecular complexity index is 1780. The molecule has 0 saturated heterocycles. The van der Waals surface area contributed by atoms with Crippen molar-refractivity contribution in [1.29, 1.82) is 0 Å². The van der Waals surface area contributed by atoms with Crippen LogP contribution in [0.3, 0.4) is 0 Å². The van der Waals surface area contributed by atoms with Gasteiger partial charge in [0.25, 0.3) is 5.56 Å². The number of aromatic hydroxyl groups is 2. The van der Waals surface area contributed by atoms with Gasteiger partial charge in [-0.25, -0.2) is 0 Å². The van der Waals surface area contributed by atoms with E-state index in [1.165, 1.54) is 6.07 Å². The first kappa shape index (κ1) is 20.7. The summed E-state index contributed by atoms with van der Waals surface area (Å²) in [5.74, 6) is -3.24. The lowest BCUT2D eigenvalue weighted by Gasteiger charge is -2.26. The number of H-pyrrole nitrogens is 1. The van der Waals surface area contributed by atoms with Crippen LogP contribution in [0.25, 0.3) is 33.2 Å². The van der Waals surface area contributed by atoms with Gasteiger partial charge in [-0.05, 0) is 17.5 Å². The number of phenolic OH excluding ortho intramolecular Hbond substituents is 2. The van der Waals surface area contributed by atoms with Crippen molar-refractivity contribution in [3.63, 3.8) is 0 Å². The maximum absolute atomic E-state index is 13.1. The highest BCUT2D eigenvalue weighted by Crippen LogP contribution is 2.51. The van der Waals surface area contributed by atoms with Crippen LogP contribution in [0.1, 0.15) is 23.5 Å². The number of rotatable bonds is 2. The summed E-state index contributed by atoms with van der Waals surface area (Å²) in [5.41, 5.74) is 0.523. The van der Waals surface area contributed by atoms with Crippen LogP contribution >= 0.6 is 0 Å². The van der Waals surface area contributed by atoms with E-state index in [4.69, 9.17) is 9.15 Å². The summed E-state index contributed by atoms with van der Waals surface area (Å²) < 4.78 is 11.4. The van der Waals surface area contributed by atoms with Crippen LogP contribution in [0.4, 0.5) is 0 Å². The Balaban J connectivity index is 1.71. The molecule has 1 aliphatic rings. The smallest absolute Gasteiger partial charge is 0.312 e. The zero-order valence-electron chi connectivity index (χ0n) is 18.1. The van der Waals surface area contributed by atoms with Crippen LogP contribution in [0, 0.1) is 0 Å². The summed E-state index contributed by atoms with van der Waals surface area (Å²) in [6.45, 7) is 0. The lowest BCUT2D eigenvalue weighted by Crippen LogP contribution is -2.26. The molecule has 1 aliphatic heterocycles. The summed E-state index contributed by atoms with van der Waals surface area (Å²) in [7, 11) is 0. The molecule has 8 nitrogen and oxygen atoms in total. The summed E-state index contributed by atoms with van der Waals surface area (Å²) in [6.07, 6.45) is -0.229. The molecule has 35 heavy (non-hydrogen) atoms. The molecule has 3 aromatic carbocycles. The van der Waals surface area contributed by atoms with Gasteiger partial charge in [0, 0.05) is 28.6 Å². The van der Waals surface area contributed by atoms with Gasteiger partial charge in [0.2, 0.25) is 5.75 Å². The highest BCUT2D eigenvalue weighted by atomic mass is 16.5. The summed E-state index contributed by atoms with van der Waals surface area (Å²) in [6, 6.07) is 18.9. The van der Waals surface area contributed by atoms with Crippen molar-refractivity contribution in [2.75, 3.05) is 0 Å². The molecule has 8 heteroatoms. The fourth-order valence-corrected chi connectivity index (χ4v) is 4.64. The van der Waals surface area contributed by atoms with Crippen molar-refractivity contribution in [1.82, 2.24) is 4.98 Å². The molecule has 172 valence electrons. The van der Waals surface area contributed by atoms with Gasteiger partial charge in [-0.15, -0.1) is 0 Å². The van der Waals surface area contributed by atoms with E-state index in [1.54, 1.807) is 42.5 Å². The van der Waals surface area contributed by atoms with Crippen molar-refractivity contribution >= 4 is 27.8 Å². The Kier molecular flexibility index (Phi) is 4.50. The molecule has 5 aromatic rings. The molecule has 6 rings (SSSR count). The van der Waals surface area contributed by atoms with Gasteiger partial charge < -0.3 is 24.4 Å². The van der Waals surface area contributed by atoms with Crippen molar-refractivity contribution in [3.05, 3.63) is 98.4 Å². The molecule has 0 aliphatic carbocycles. The molecular formula is C27H17NO7. The lowest BCUT2D eigenvalue weighted by molar-refractivity contribution is -0.135. The number of carbonyl (C=O) groups excluding carboxylic acids is 1. The largest absolute Gasteiger partial charge is 0.504 e. The number of pyridine rings is 1. The first-order chi connectivity index (χ1) is 16.9. The number of phenols is 2. The number of hydrogen-bond acceptors (Lipinski definition) is 7. The second-order valence-corrected chi connectivity index (χ2v) is 8.36. The van der Waals surface area contributed by atoms with Crippen LogP contribution in [-0.4, -0.2) is 21.2 Å². The van der Waals surface area contributed by atoms with E-state index in [9.17, 15) is 24.6 Å². The number of benzene rings is 3. The Morgan fingerprint density at radius 3 is 2.43 bits per heavy atom. The van der Waals surface area contributed by atoms with Crippen LogP contribution in [-0.2, 0) is 4.79 Å². The highest BCUT2D eigenvalue weighted by Gasteiger charge is 2.37. The van der Waals surface area contributed by atoms with E-state index in [0.717, 1.165) is 5.39 Å². The van der Waals surface area contributed by atoms with Gasteiger partial charge in [-0.1, -0.05) is 48.5 Å². The fraction of sp³-hybridized carbons (Fsp3) is 0.0741. The third-order valence-electron chi connectivity index (χ3n) is 6.26. The Morgan fingerprint density at radius 2 is 1.63 bits per heavy atom. The number of hydrogen-bond donors (Lipinski definition) is 3. The number of ether oxygens (including phenoxy) is 1. The second kappa shape index (κ2) is 7.59. The lowest BCUT2D eigenvalue weighted by atomic mass is 9.84. The molecule has 1 unspecified atom stereocenters. The van der Waals surface area contributed by atoms with Gasteiger partial charge >= 0.3 is 5.97 Å². The molecule has 3 heterocycles. The van der Waals surface area contributed by atoms with Crippen LogP contribution in [0.15, 0.2) is 80.7 Å². The zero-order valence-corrected chi connectivity index (χ0v) is 18.1. The molecule has 0 fully saturated rings. The van der Waals surface area contributed by atoms with E-state index in [1.807, 2.05) is 18.2 Å². The van der Waals surface area contributed by atoms with Crippen LogP contribution < -0.4 is 15.7 Å². The fourth-order valence-electron chi connectivity index (χ4n) is 4.64. The first-order valence-corrected chi connectivity index (χ1v) is 10.9. The van der Waals surface area contributed by atoms with Gasteiger partial charge in [0.05, 0.1) is 12.0 Å². The topological polar surface area (TPSA) is 130 Å². The Morgan fingerprint density at radius 1 is 0.886 bits per heavy atom. The number of esters is 1. The van der Waals surface area contributed by atoms with Gasteiger partial charge in [-0.3, -0.25) is 14.4 Å². The van der Waals surface area contributed by atoms with Crippen molar-refractivity contribution < 1.29 is 24.2 Å². The standard InChI is InChI=1S/C27H17NO7/c29-18-12-19(13-6-2-1-3-7-13)34-25-21-15(11-20(30)35-26(21)24(32)23(31)22(18)25)16-10-14-8-4-5-9-17(14)28-27(16)33/h1-10,12,15,31-32H,11H2,(H,28,33). The molecule has 2 aromatic heterocycles. The number of nitrogens with one attached hydrogen (secondary N) is 1. The number of aromatic amines is 1. The van der Waals surface area contributed by atoms with E-state index >= 15 is 0 Å². The average molecular weight is 467 g/mol. The minimum Gasteiger partial charge on any atom is -0.504 e. The van der Waals surface area contributed by atoms with Crippen LogP contribution in [0.2, 0.25) is 0 Å². The van der Waals surface area contributed by atoms with E-state index < -0.39 is 34.4 Å². The zero-order chi connectivity index (χ0) is 24.3.